The first-order valence-electron chi connectivity index (χ1n) is 5.51. The Bertz CT molecular complexity index is 684. The van der Waals surface area contributed by atoms with Gasteiger partial charge in [0.15, 0.2) is 0 Å². The van der Waals surface area contributed by atoms with Gasteiger partial charge in [-0.1, -0.05) is 0 Å². The highest BCUT2D eigenvalue weighted by atomic mass is 32.1. The van der Waals surface area contributed by atoms with Crippen LogP contribution in [0.5, 0.6) is 0 Å². The van der Waals surface area contributed by atoms with Crippen LogP contribution in [0, 0.1) is 5.82 Å². The number of aliphatic carboxylic acids is 1. The number of carbonyl (C=O) groups is 1. The minimum atomic E-state index is -4.75. The van der Waals surface area contributed by atoms with Crippen LogP contribution in [0.3, 0.4) is 0 Å². The topological polar surface area (TPSA) is 76.2 Å². The molecule has 0 aliphatic carbocycles. The molecular weight excluding hydrogens is 312 g/mol. The predicted octanol–water partition coefficient (Wildman–Crippen LogP) is 3.05. The standard InChI is InChI=1S/C12H8F4N2O2S/c13-5-1-2-6(7(3-5)12(14,15)16)10-18-8(4-21-10)9(17)11(19)20/h1-4,9H,17H2,(H,19,20). The molecule has 3 N–H and O–H groups in total. The number of hydrogen-bond acceptors (Lipinski definition) is 4. The van der Waals surface area contributed by atoms with E-state index in [-0.39, 0.29) is 16.3 Å². The maximum absolute atomic E-state index is 13.0. The van der Waals surface area contributed by atoms with E-state index in [2.05, 4.69) is 4.98 Å². The molecule has 1 aromatic carbocycles. The van der Waals surface area contributed by atoms with Gasteiger partial charge >= 0.3 is 12.1 Å². The summed E-state index contributed by atoms with van der Waals surface area (Å²) >= 11 is 0.808. The van der Waals surface area contributed by atoms with E-state index in [0.717, 1.165) is 23.5 Å². The summed E-state index contributed by atoms with van der Waals surface area (Å²) in [5.74, 6) is -2.37. The molecular formula is C12H8F4N2O2S. The summed E-state index contributed by atoms with van der Waals surface area (Å²) in [4.78, 5) is 14.5. The van der Waals surface area contributed by atoms with Gasteiger partial charge in [-0.05, 0) is 18.2 Å². The van der Waals surface area contributed by atoms with Gasteiger partial charge in [-0.25, -0.2) is 9.37 Å². The highest BCUT2D eigenvalue weighted by molar-refractivity contribution is 7.13. The van der Waals surface area contributed by atoms with Gasteiger partial charge in [0.25, 0.3) is 0 Å². The fraction of sp³-hybridized carbons (Fsp3) is 0.167. The van der Waals surface area contributed by atoms with Gasteiger partial charge in [-0.15, -0.1) is 11.3 Å². The molecule has 2 aromatic rings. The lowest BCUT2D eigenvalue weighted by Gasteiger charge is -2.11. The van der Waals surface area contributed by atoms with Crippen LogP contribution >= 0.6 is 11.3 Å². The van der Waals surface area contributed by atoms with Crippen LogP contribution in [0.15, 0.2) is 23.6 Å². The van der Waals surface area contributed by atoms with Crippen molar-refractivity contribution in [3.05, 3.63) is 40.7 Å². The molecule has 0 aliphatic heterocycles. The molecule has 21 heavy (non-hydrogen) atoms. The molecule has 0 saturated heterocycles. The van der Waals surface area contributed by atoms with E-state index in [9.17, 15) is 22.4 Å². The Morgan fingerprint density at radius 1 is 1.38 bits per heavy atom. The lowest BCUT2D eigenvalue weighted by molar-refractivity contribution is -0.139. The van der Waals surface area contributed by atoms with Crippen LogP contribution in [-0.4, -0.2) is 16.1 Å². The van der Waals surface area contributed by atoms with Crippen LogP contribution in [-0.2, 0) is 11.0 Å². The Kier molecular flexibility index (Phi) is 3.97. The van der Waals surface area contributed by atoms with Gasteiger partial charge in [-0.2, -0.15) is 13.2 Å². The minimum Gasteiger partial charge on any atom is -0.480 e. The zero-order chi connectivity index (χ0) is 15.8. The Hall–Kier alpha value is -2.00. The molecule has 2 rings (SSSR count). The van der Waals surface area contributed by atoms with Crippen molar-refractivity contribution in [2.75, 3.05) is 0 Å². The number of nitrogens with zero attached hydrogens (tertiary/aromatic N) is 1. The van der Waals surface area contributed by atoms with Crippen molar-refractivity contribution in [2.45, 2.75) is 12.2 Å². The number of thiazole rings is 1. The second kappa shape index (κ2) is 5.41. The highest BCUT2D eigenvalue weighted by Crippen LogP contribution is 2.38. The first-order valence-corrected chi connectivity index (χ1v) is 6.39. The number of benzene rings is 1. The first-order chi connectivity index (χ1) is 9.70. The molecule has 1 aromatic heterocycles. The quantitative estimate of drug-likeness (QED) is 0.852. The number of alkyl halides is 3. The summed E-state index contributed by atoms with van der Waals surface area (Å²) in [5.41, 5.74) is 3.79. The number of hydrogen-bond donors (Lipinski definition) is 2. The van der Waals surface area contributed by atoms with E-state index in [1.807, 2.05) is 0 Å². The summed E-state index contributed by atoms with van der Waals surface area (Å²) in [5, 5.41) is 9.93. The Morgan fingerprint density at radius 3 is 2.62 bits per heavy atom. The molecule has 0 radical (unpaired) electrons. The fourth-order valence-corrected chi connectivity index (χ4v) is 2.51. The van der Waals surface area contributed by atoms with Gasteiger partial charge in [-0.3, -0.25) is 4.79 Å². The predicted molar refractivity (Wildman–Crippen MR) is 67.1 cm³/mol. The van der Waals surface area contributed by atoms with E-state index in [1.165, 1.54) is 5.38 Å². The van der Waals surface area contributed by atoms with Crippen LogP contribution < -0.4 is 5.73 Å². The molecule has 0 spiro atoms. The van der Waals surface area contributed by atoms with E-state index in [0.29, 0.717) is 6.07 Å². The van der Waals surface area contributed by atoms with Crippen LogP contribution in [0.2, 0.25) is 0 Å². The molecule has 0 saturated carbocycles. The van der Waals surface area contributed by atoms with Crippen molar-refractivity contribution in [2.24, 2.45) is 5.73 Å². The summed E-state index contributed by atoms with van der Waals surface area (Å²) in [7, 11) is 0. The van der Waals surface area contributed by atoms with Gasteiger partial charge in [0.1, 0.15) is 16.9 Å². The fourth-order valence-electron chi connectivity index (χ4n) is 1.62. The van der Waals surface area contributed by atoms with E-state index >= 15 is 0 Å². The average molecular weight is 320 g/mol. The molecule has 112 valence electrons. The largest absolute Gasteiger partial charge is 0.480 e. The molecule has 4 nitrogen and oxygen atoms in total. The summed E-state index contributed by atoms with van der Waals surface area (Å²) < 4.78 is 51.7. The normalized spacial score (nSPS) is 13.2. The lowest BCUT2D eigenvalue weighted by atomic mass is 10.1. The maximum atomic E-state index is 13.0. The number of aromatic nitrogens is 1. The van der Waals surface area contributed by atoms with Crippen molar-refractivity contribution in [3.63, 3.8) is 0 Å². The van der Waals surface area contributed by atoms with Crippen molar-refractivity contribution >= 4 is 17.3 Å². The summed E-state index contributed by atoms with van der Waals surface area (Å²) in [6.45, 7) is 0. The van der Waals surface area contributed by atoms with E-state index < -0.39 is 29.6 Å². The number of carboxylic acid groups (broad SMARTS) is 1. The number of rotatable bonds is 3. The second-order valence-corrected chi connectivity index (χ2v) is 4.94. The Labute approximate surface area is 119 Å². The summed E-state index contributed by atoms with van der Waals surface area (Å²) in [6.07, 6.45) is -4.75. The third kappa shape index (κ3) is 3.19. The number of carboxylic acids is 1. The van der Waals surface area contributed by atoms with Crippen LogP contribution in [0.4, 0.5) is 17.6 Å². The SMILES string of the molecule is NC(C(=O)O)c1csc(-c2ccc(F)cc2C(F)(F)F)n1. The van der Waals surface area contributed by atoms with Crippen LogP contribution in [0.25, 0.3) is 10.6 Å². The summed E-state index contributed by atoms with van der Waals surface area (Å²) in [6, 6.07) is 0.772. The number of halogens is 4. The zero-order valence-corrected chi connectivity index (χ0v) is 11.0. The van der Waals surface area contributed by atoms with Gasteiger partial charge in [0, 0.05) is 10.9 Å². The lowest BCUT2D eigenvalue weighted by Crippen LogP contribution is -2.20. The smallest absolute Gasteiger partial charge is 0.417 e. The van der Waals surface area contributed by atoms with E-state index in [1.54, 1.807) is 0 Å². The first kappa shape index (κ1) is 15.4. The maximum Gasteiger partial charge on any atom is 0.417 e. The average Bonchev–Trinajstić information content (AvgIpc) is 2.86. The molecule has 0 aliphatic rings. The van der Waals surface area contributed by atoms with Crippen molar-refractivity contribution < 1.29 is 27.5 Å². The molecule has 1 unspecified atom stereocenters. The Morgan fingerprint density at radius 2 is 2.05 bits per heavy atom. The van der Waals surface area contributed by atoms with Gasteiger partial charge in [0.05, 0.1) is 11.3 Å². The molecule has 1 heterocycles. The van der Waals surface area contributed by atoms with Crippen molar-refractivity contribution in [1.82, 2.24) is 4.98 Å². The Balaban J connectivity index is 2.50. The van der Waals surface area contributed by atoms with E-state index in [4.69, 9.17) is 10.8 Å². The third-order valence-electron chi connectivity index (χ3n) is 2.62. The number of nitrogens with two attached hydrogens (primary N) is 1. The zero-order valence-electron chi connectivity index (χ0n) is 10.2. The molecule has 0 amide bonds. The minimum absolute atomic E-state index is 0.0556. The highest BCUT2D eigenvalue weighted by Gasteiger charge is 2.35. The molecule has 0 fully saturated rings. The molecule has 0 bridgehead atoms. The molecule has 9 heteroatoms. The molecule has 1 atom stereocenters. The van der Waals surface area contributed by atoms with Crippen molar-refractivity contribution in [1.29, 1.82) is 0 Å². The third-order valence-corrected chi connectivity index (χ3v) is 3.52. The van der Waals surface area contributed by atoms with Crippen molar-refractivity contribution in [3.8, 4) is 10.6 Å². The van der Waals surface area contributed by atoms with Crippen LogP contribution in [0.1, 0.15) is 17.3 Å². The monoisotopic (exact) mass is 320 g/mol. The van der Waals surface area contributed by atoms with Gasteiger partial charge in [0.2, 0.25) is 0 Å². The van der Waals surface area contributed by atoms with Gasteiger partial charge < -0.3 is 10.8 Å². The second-order valence-electron chi connectivity index (χ2n) is 4.08.